The number of aromatic hydroxyl groups is 1. The molecule has 0 bridgehead atoms. The first-order valence-electron chi connectivity index (χ1n) is 6.77. The zero-order chi connectivity index (χ0) is 16.8. The number of pyridine rings is 1. The summed E-state index contributed by atoms with van der Waals surface area (Å²) in [5, 5.41) is 10.0. The second-order valence-corrected chi connectivity index (χ2v) is 4.53. The maximum absolute atomic E-state index is 11.9. The van der Waals surface area contributed by atoms with Crippen LogP contribution in [-0.2, 0) is 4.74 Å². The largest absolute Gasteiger partial charge is 0.507 e. The number of carbonyl (C=O) groups excluding carboxylic acids is 1. The molecule has 0 spiro atoms. The van der Waals surface area contributed by atoms with Crippen LogP contribution in [0.4, 0.5) is 0 Å². The predicted molar refractivity (Wildman–Crippen MR) is 85.7 cm³/mol. The predicted octanol–water partition coefficient (Wildman–Crippen LogP) is 2.76. The van der Waals surface area contributed by atoms with E-state index in [4.69, 9.17) is 14.2 Å². The molecular formula is C17H17NO5. The number of ether oxygens (including phenoxy) is 3. The third kappa shape index (κ3) is 3.60. The number of hydrogen-bond acceptors (Lipinski definition) is 6. The standard InChI is InChI=1S/C17H17NO5/c1-21-12-9-11(16(14(19)10-12)17(20)23-3)6-7-13-15(22-2)5-4-8-18-13/h4-10,19H,1-3H3. The summed E-state index contributed by atoms with van der Waals surface area (Å²) in [7, 11) is 4.27. The Morgan fingerprint density at radius 2 is 1.96 bits per heavy atom. The van der Waals surface area contributed by atoms with Gasteiger partial charge in [-0.3, -0.25) is 4.98 Å². The Hall–Kier alpha value is -3.02. The minimum absolute atomic E-state index is 0.0550. The highest BCUT2D eigenvalue weighted by Crippen LogP contribution is 2.30. The molecule has 23 heavy (non-hydrogen) atoms. The monoisotopic (exact) mass is 315 g/mol. The van der Waals surface area contributed by atoms with Crippen molar-refractivity contribution in [3.8, 4) is 17.2 Å². The lowest BCUT2D eigenvalue weighted by Crippen LogP contribution is -2.04. The van der Waals surface area contributed by atoms with Crippen molar-refractivity contribution in [2.75, 3.05) is 21.3 Å². The molecule has 6 nitrogen and oxygen atoms in total. The van der Waals surface area contributed by atoms with Crippen LogP contribution in [-0.4, -0.2) is 37.4 Å². The number of methoxy groups -OCH3 is 3. The Kier molecular flexibility index (Phi) is 5.19. The van der Waals surface area contributed by atoms with Gasteiger partial charge in [0, 0.05) is 12.3 Å². The second kappa shape index (κ2) is 7.31. The fraction of sp³-hybridized carbons (Fsp3) is 0.176. The maximum atomic E-state index is 11.9. The Bertz CT molecular complexity index is 740. The van der Waals surface area contributed by atoms with E-state index in [0.29, 0.717) is 22.8 Å². The van der Waals surface area contributed by atoms with Crippen molar-refractivity contribution >= 4 is 18.1 Å². The van der Waals surface area contributed by atoms with Crippen molar-refractivity contribution in [3.63, 3.8) is 0 Å². The van der Waals surface area contributed by atoms with Crippen molar-refractivity contribution in [2.24, 2.45) is 0 Å². The first-order chi connectivity index (χ1) is 11.1. The third-order valence-electron chi connectivity index (χ3n) is 3.19. The molecular weight excluding hydrogens is 298 g/mol. The van der Waals surface area contributed by atoms with Crippen LogP contribution in [0.3, 0.4) is 0 Å². The molecule has 2 rings (SSSR count). The quantitative estimate of drug-likeness (QED) is 0.855. The van der Waals surface area contributed by atoms with Gasteiger partial charge in [0.1, 0.15) is 28.5 Å². The smallest absolute Gasteiger partial charge is 0.342 e. The second-order valence-electron chi connectivity index (χ2n) is 4.53. The highest BCUT2D eigenvalue weighted by Gasteiger charge is 2.17. The van der Waals surface area contributed by atoms with E-state index in [0.717, 1.165) is 0 Å². The molecule has 0 unspecified atom stereocenters. The summed E-state index contributed by atoms with van der Waals surface area (Å²) < 4.78 is 15.1. The number of benzene rings is 1. The molecule has 0 radical (unpaired) electrons. The van der Waals surface area contributed by atoms with E-state index < -0.39 is 5.97 Å². The van der Waals surface area contributed by atoms with E-state index in [1.165, 1.54) is 20.3 Å². The van der Waals surface area contributed by atoms with Gasteiger partial charge in [-0.2, -0.15) is 0 Å². The lowest BCUT2D eigenvalue weighted by atomic mass is 10.0. The molecule has 2 aromatic rings. The van der Waals surface area contributed by atoms with Crippen LogP contribution >= 0.6 is 0 Å². The SMILES string of the molecule is COC(=O)c1c(O)cc(OC)cc1C=Cc1ncccc1OC. The van der Waals surface area contributed by atoms with Gasteiger partial charge in [0.05, 0.1) is 21.3 Å². The van der Waals surface area contributed by atoms with Crippen molar-refractivity contribution in [1.29, 1.82) is 0 Å². The molecule has 1 N–H and O–H groups in total. The fourth-order valence-corrected chi connectivity index (χ4v) is 2.06. The zero-order valence-electron chi connectivity index (χ0n) is 13.1. The number of aromatic nitrogens is 1. The highest BCUT2D eigenvalue weighted by atomic mass is 16.5. The van der Waals surface area contributed by atoms with Crippen molar-refractivity contribution in [1.82, 2.24) is 4.98 Å². The fourth-order valence-electron chi connectivity index (χ4n) is 2.06. The van der Waals surface area contributed by atoms with E-state index in [2.05, 4.69) is 4.98 Å². The summed E-state index contributed by atoms with van der Waals surface area (Å²) >= 11 is 0. The summed E-state index contributed by atoms with van der Waals surface area (Å²) in [6.45, 7) is 0. The number of phenols is 1. The third-order valence-corrected chi connectivity index (χ3v) is 3.19. The minimum Gasteiger partial charge on any atom is -0.507 e. The molecule has 0 fully saturated rings. The molecule has 0 aliphatic heterocycles. The molecule has 0 amide bonds. The summed E-state index contributed by atoms with van der Waals surface area (Å²) in [4.78, 5) is 16.1. The van der Waals surface area contributed by atoms with E-state index in [1.807, 2.05) is 0 Å². The molecule has 0 aliphatic rings. The van der Waals surface area contributed by atoms with Gasteiger partial charge in [-0.05, 0) is 29.8 Å². The maximum Gasteiger partial charge on any atom is 0.342 e. The molecule has 0 atom stereocenters. The summed E-state index contributed by atoms with van der Waals surface area (Å²) in [5.74, 6) is 0.153. The van der Waals surface area contributed by atoms with Crippen molar-refractivity contribution < 1.29 is 24.1 Å². The topological polar surface area (TPSA) is 77.9 Å². The van der Waals surface area contributed by atoms with Crippen LogP contribution in [0.2, 0.25) is 0 Å². The van der Waals surface area contributed by atoms with Gasteiger partial charge in [0.2, 0.25) is 0 Å². The van der Waals surface area contributed by atoms with E-state index in [9.17, 15) is 9.90 Å². The Morgan fingerprint density at radius 1 is 1.17 bits per heavy atom. The molecule has 0 aliphatic carbocycles. The van der Waals surface area contributed by atoms with Crippen LogP contribution in [0.15, 0.2) is 30.5 Å². The number of phenolic OH excluding ortho intramolecular Hbond substituents is 1. The first kappa shape index (κ1) is 16.4. The highest BCUT2D eigenvalue weighted by molar-refractivity contribution is 5.98. The molecule has 1 heterocycles. The number of hydrogen-bond donors (Lipinski definition) is 1. The summed E-state index contributed by atoms with van der Waals surface area (Å²) in [5.41, 5.74) is 1.09. The molecule has 0 saturated carbocycles. The van der Waals surface area contributed by atoms with Crippen molar-refractivity contribution in [2.45, 2.75) is 0 Å². The average molecular weight is 315 g/mol. The average Bonchev–Trinajstić information content (AvgIpc) is 2.58. The summed E-state index contributed by atoms with van der Waals surface area (Å²) in [6, 6.07) is 6.51. The number of carbonyl (C=O) groups is 1. The lowest BCUT2D eigenvalue weighted by molar-refractivity contribution is 0.0597. The van der Waals surface area contributed by atoms with Crippen LogP contribution in [0.25, 0.3) is 12.2 Å². The van der Waals surface area contributed by atoms with Gasteiger partial charge in [0.15, 0.2) is 0 Å². The van der Waals surface area contributed by atoms with Crippen LogP contribution in [0, 0.1) is 0 Å². The molecule has 6 heteroatoms. The van der Waals surface area contributed by atoms with E-state index >= 15 is 0 Å². The number of nitrogens with zero attached hydrogens (tertiary/aromatic N) is 1. The van der Waals surface area contributed by atoms with Gasteiger partial charge in [-0.1, -0.05) is 6.08 Å². The van der Waals surface area contributed by atoms with Crippen LogP contribution in [0.1, 0.15) is 21.6 Å². The van der Waals surface area contributed by atoms with E-state index in [1.54, 1.807) is 43.7 Å². The molecule has 120 valence electrons. The van der Waals surface area contributed by atoms with Gasteiger partial charge in [0.25, 0.3) is 0 Å². The zero-order valence-corrected chi connectivity index (χ0v) is 13.1. The van der Waals surface area contributed by atoms with Gasteiger partial charge < -0.3 is 19.3 Å². The minimum atomic E-state index is -0.641. The van der Waals surface area contributed by atoms with Crippen LogP contribution < -0.4 is 9.47 Å². The Morgan fingerprint density at radius 3 is 2.61 bits per heavy atom. The summed E-state index contributed by atoms with van der Waals surface area (Å²) in [6.07, 6.45) is 4.95. The number of rotatable bonds is 5. The molecule has 1 aromatic heterocycles. The number of esters is 1. The van der Waals surface area contributed by atoms with Gasteiger partial charge in [-0.15, -0.1) is 0 Å². The van der Waals surface area contributed by atoms with Crippen LogP contribution in [0.5, 0.6) is 17.2 Å². The lowest BCUT2D eigenvalue weighted by Gasteiger charge is -2.10. The Labute approximate surface area is 134 Å². The molecule has 1 aromatic carbocycles. The normalized spacial score (nSPS) is 10.6. The van der Waals surface area contributed by atoms with Crippen molar-refractivity contribution in [3.05, 3.63) is 47.3 Å². The Balaban J connectivity index is 2.51. The van der Waals surface area contributed by atoms with E-state index in [-0.39, 0.29) is 11.3 Å². The van der Waals surface area contributed by atoms with Gasteiger partial charge >= 0.3 is 5.97 Å². The first-order valence-corrected chi connectivity index (χ1v) is 6.77. The van der Waals surface area contributed by atoms with Gasteiger partial charge in [-0.25, -0.2) is 4.79 Å². The molecule has 0 saturated heterocycles.